The van der Waals surface area contributed by atoms with E-state index in [2.05, 4.69) is 15.4 Å². The molecule has 2 aromatic rings. The van der Waals surface area contributed by atoms with Gasteiger partial charge < -0.3 is 10.6 Å². The first kappa shape index (κ1) is 23.9. The van der Waals surface area contributed by atoms with Gasteiger partial charge in [0.2, 0.25) is 21.8 Å². The molecule has 3 N–H and O–H groups in total. The molecule has 0 saturated carbocycles. The van der Waals surface area contributed by atoms with Crippen molar-refractivity contribution < 1.29 is 18.0 Å². The van der Waals surface area contributed by atoms with Gasteiger partial charge in [-0.25, -0.2) is 8.42 Å². The van der Waals surface area contributed by atoms with Crippen LogP contribution in [0, 0.1) is 13.8 Å². The Labute approximate surface area is 182 Å². The highest BCUT2D eigenvalue weighted by atomic mass is 32.2. The molecule has 7 nitrogen and oxygen atoms in total. The number of hydrogen-bond acceptors (Lipinski definition) is 5. The lowest BCUT2D eigenvalue weighted by atomic mass is 10.2. The topological polar surface area (TPSA) is 104 Å². The van der Waals surface area contributed by atoms with Crippen molar-refractivity contribution in [3.8, 4) is 0 Å². The Kier molecular flexibility index (Phi) is 8.45. The quantitative estimate of drug-likeness (QED) is 0.545. The number of nitrogens with one attached hydrogen (secondary N) is 3. The van der Waals surface area contributed by atoms with Gasteiger partial charge in [-0.1, -0.05) is 18.2 Å². The molecule has 0 aliphatic heterocycles. The molecule has 2 amide bonds. The van der Waals surface area contributed by atoms with Crippen molar-refractivity contribution in [3.63, 3.8) is 0 Å². The normalized spacial score (nSPS) is 12.3. The number of hydrogen-bond donors (Lipinski definition) is 3. The molecular formula is C21H27N3O4S2. The lowest BCUT2D eigenvalue weighted by molar-refractivity contribution is -0.117. The van der Waals surface area contributed by atoms with Crippen LogP contribution in [0.2, 0.25) is 0 Å². The third kappa shape index (κ3) is 6.86. The highest BCUT2D eigenvalue weighted by Crippen LogP contribution is 2.19. The van der Waals surface area contributed by atoms with Crippen LogP contribution >= 0.6 is 11.8 Å². The van der Waals surface area contributed by atoms with Gasteiger partial charge in [0.15, 0.2) is 0 Å². The summed E-state index contributed by atoms with van der Waals surface area (Å²) in [5, 5.41) is 5.39. The number of benzene rings is 2. The molecule has 2 aromatic carbocycles. The minimum absolute atomic E-state index is 0.164. The Morgan fingerprint density at radius 3 is 2.33 bits per heavy atom. The maximum atomic E-state index is 13.0. The monoisotopic (exact) mass is 449 g/mol. The van der Waals surface area contributed by atoms with E-state index in [4.69, 9.17) is 0 Å². The number of thioether (sulfide) groups is 1. The van der Waals surface area contributed by atoms with Gasteiger partial charge in [0, 0.05) is 18.3 Å². The molecule has 0 aliphatic carbocycles. The number of sulfonamides is 1. The first-order valence-electron chi connectivity index (χ1n) is 9.39. The fraction of sp³-hybridized carbons (Fsp3) is 0.333. The van der Waals surface area contributed by atoms with E-state index in [0.29, 0.717) is 29.1 Å². The highest BCUT2D eigenvalue weighted by molar-refractivity contribution is 7.98. The number of amides is 2. The smallest absolute Gasteiger partial charge is 0.242 e. The Hall–Kier alpha value is -2.36. The summed E-state index contributed by atoms with van der Waals surface area (Å²) >= 11 is 1.53. The van der Waals surface area contributed by atoms with E-state index in [1.165, 1.54) is 18.7 Å². The predicted molar refractivity (Wildman–Crippen MR) is 122 cm³/mol. The van der Waals surface area contributed by atoms with Crippen molar-refractivity contribution in [3.05, 3.63) is 53.6 Å². The summed E-state index contributed by atoms with van der Waals surface area (Å²) in [7, 11) is -3.88. The number of carbonyl (C=O) groups is 2. The van der Waals surface area contributed by atoms with Gasteiger partial charge in [-0.05, 0) is 67.7 Å². The molecule has 0 aromatic heterocycles. The summed E-state index contributed by atoms with van der Waals surface area (Å²) in [4.78, 5) is 24.3. The summed E-state index contributed by atoms with van der Waals surface area (Å²) in [5.41, 5.74) is 2.43. The van der Waals surface area contributed by atoms with E-state index < -0.39 is 22.0 Å². The Morgan fingerprint density at radius 1 is 1.03 bits per heavy atom. The Bertz CT molecular complexity index is 1020. The van der Waals surface area contributed by atoms with Crippen LogP contribution in [0.25, 0.3) is 0 Å². The van der Waals surface area contributed by atoms with Crippen molar-refractivity contribution >= 4 is 45.0 Å². The van der Waals surface area contributed by atoms with Crippen LogP contribution < -0.4 is 15.4 Å². The van der Waals surface area contributed by atoms with Crippen molar-refractivity contribution in [2.45, 2.75) is 38.1 Å². The molecule has 0 radical (unpaired) electrons. The van der Waals surface area contributed by atoms with Gasteiger partial charge in [0.25, 0.3) is 0 Å². The van der Waals surface area contributed by atoms with E-state index in [-0.39, 0.29) is 10.8 Å². The standard InChI is InChI=1S/C21H27N3O4S2/c1-14-8-9-15(2)20(12-14)30(27,28)24-19(10-11-29-4)21(26)23-18-7-5-6-17(13-18)22-16(3)25/h5-9,12-13,19,24H,10-11H2,1-4H3,(H,22,25)(H,23,26)/t19-/m0/s1. The molecule has 9 heteroatoms. The van der Waals surface area contributed by atoms with Gasteiger partial charge >= 0.3 is 0 Å². The van der Waals surface area contributed by atoms with E-state index in [9.17, 15) is 18.0 Å². The maximum Gasteiger partial charge on any atom is 0.242 e. The van der Waals surface area contributed by atoms with Crippen LogP contribution in [0.5, 0.6) is 0 Å². The van der Waals surface area contributed by atoms with Crippen LogP contribution in [0.1, 0.15) is 24.5 Å². The maximum absolute atomic E-state index is 13.0. The average Bonchev–Trinajstić information content (AvgIpc) is 2.66. The molecule has 162 valence electrons. The van der Waals surface area contributed by atoms with Crippen LogP contribution in [-0.2, 0) is 19.6 Å². The van der Waals surface area contributed by atoms with Gasteiger partial charge in [0.1, 0.15) is 6.04 Å². The largest absolute Gasteiger partial charge is 0.326 e. The van der Waals surface area contributed by atoms with E-state index in [1.54, 1.807) is 43.3 Å². The van der Waals surface area contributed by atoms with Gasteiger partial charge in [0.05, 0.1) is 4.90 Å². The zero-order valence-electron chi connectivity index (χ0n) is 17.5. The van der Waals surface area contributed by atoms with Crippen molar-refractivity contribution in [1.29, 1.82) is 0 Å². The SMILES string of the molecule is CSCC[C@H](NS(=O)(=O)c1cc(C)ccc1C)C(=O)Nc1cccc(NC(C)=O)c1. The number of aryl methyl sites for hydroxylation is 2. The molecule has 0 saturated heterocycles. The number of anilines is 2. The third-order valence-electron chi connectivity index (χ3n) is 4.31. The van der Waals surface area contributed by atoms with Crippen molar-refractivity contribution in [2.75, 3.05) is 22.6 Å². The van der Waals surface area contributed by atoms with E-state index in [0.717, 1.165) is 5.56 Å². The number of carbonyl (C=O) groups excluding carboxylic acids is 2. The molecular weight excluding hydrogens is 422 g/mol. The van der Waals surface area contributed by atoms with Crippen LogP contribution in [0.4, 0.5) is 11.4 Å². The summed E-state index contributed by atoms with van der Waals surface area (Å²) < 4.78 is 28.5. The second kappa shape index (κ2) is 10.6. The van der Waals surface area contributed by atoms with Crippen molar-refractivity contribution in [1.82, 2.24) is 4.72 Å². The van der Waals surface area contributed by atoms with Crippen LogP contribution in [-0.4, -0.2) is 38.3 Å². The third-order valence-corrected chi connectivity index (χ3v) is 6.57. The summed E-state index contributed by atoms with van der Waals surface area (Å²) in [6.45, 7) is 4.93. The average molecular weight is 450 g/mol. The molecule has 2 rings (SSSR count). The fourth-order valence-electron chi connectivity index (χ4n) is 2.83. The van der Waals surface area contributed by atoms with E-state index >= 15 is 0 Å². The van der Waals surface area contributed by atoms with E-state index in [1.807, 2.05) is 19.2 Å². The molecule has 0 unspecified atom stereocenters. The Morgan fingerprint density at radius 2 is 1.70 bits per heavy atom. The Balaban J connectivity index is 2.23. The fourth-order valence-corrected chi connectivity index (χ4v) is 4.86. The second-order valence-corrected chi connectivity index (χ2v) is 9.64. The van der Waals surface area contributed by atoms with Crippen LogP contribution in [0.3, 0.4) is 0 Å². The predicted octanol–water partition coefficient (Wildman–Crippen LogP) is 3.30. The zero-order chi connectivity index (χ0) is 22.3. The number of rotatable bonds is 9. The van der Waals surface area contributed by atoms with Gasteiger partial charge in [-0.3, -0.25) is 9.59 Å². The zero-order valence-corrected chi connectivity index (χ0v) is 19.1. The summed E-state index contributed by atoms with van der Waals surface area (Å²) in [6.07, 6.45) is 2.23. The van der Waals surface area contributed by atoms with Gasteiger partial charge in [-0.2, -0.15) is 16.5 Å². The minimum Gasteiger partial charge on any atom is -0.326 e. The minimum atomic E-state index is -3.88. The molecule has 30 heavy (non-hydrogen) atoms. The lowest BCUT2D eigenvalue weighted by Gasteiger charge is -2.19. The lowest BCUT2D eigenvalue weighted by Crippen LogP contribution is -2.44. The first-order valence-corrected chi connectivity index (χ1v) is 12.3. The molecule has 0 heterocycles. The van der Waals surface area contributed by atoms with Crippen LogP contribution in [0.15, 0.2) is 47.4 Å². The summed E-state index contributed by atoms with van der Waals surface area (Å²) in [5.74, 6) is -0.0743. The second-order valence-electron chi connectivity index (χ2n) is 6.98. The van der Waals surface area contributed by atoms with Crippen molar-refractivity contribution in [2.24, 2.45) is 0 Å². The molecule has 0 bridgehead atoms. The van der Waals surface area contributed by atoms with Gasteiger partial charge in [-0.15, -0.1) is 0 Å². The highest BCUT2D eigenvalue weighted by Gasteiger charge is 2.26. The first-order chi connectivity index (χ1) is 14.1. The molecule has 1 atom stereocenters. The molecule has 0 fully saturated rings. The molecule has 0 spiro atoms. The molecule has 0 aliphatic rings. The summed E-state index contributed by atoms with van der Waals surface area (Å²) in [6, 6.07) is 10.9.